The molecule has 0 amide bonds. The summed E-state index contributed by atoms with van der Waals surface area (Å²) in [5.41, 5.74) is 6.59. The van der Waals surface area contributed by atoms with Gasteiger partial charge in [-0.15, -0.1) is 9.24 Å². The standard InChI is InChI=1S/C8H16NO2P/c1-3-11-8(10)7(9)4-6(2)5-12/h4,7H,3,5,9,12H2,1-2H3. The Hall–Kier alpha value is -0.400. The lowest BCUT2D eigenvalue weighted by Gasteiger charge is -2.06. The molecule has 70 valence electrons. The van der Waals surface area contributed by atoms with Crippen LogP contribution in [0, 0.1) is 0 Å². The fourth-order valence-electron chi connectivity index (χ4n) is 0.681. The van der Waals surface area contributed by atoms with Gasteiger partial charge in [-0.05, 0) is 20.0 Å². The largest absolute Gasteiger partial charge is 0.465 e. The molecule has 0 aliphatic carbocycles. The number of carbonyl (C=O) groups is 1. The van der Waals surface area contributed by atoms with Gasteiger partial charge in [-0.2, -0.15) is 0 Å². The molecule has 2 unspecified atom stereocenters. The van der Waals surface area contributed by atoms with Gasteiger partial charge in [0.25, 0.3) is 0 Å². The van der Waals surface area contributed by atoms with Crippen LogP contribution in [-0.4, -0.2) is 24.8 Å². The summed E-state index contributed by atoms with van der Waals surface area (Å²) in [6.07, 6.45) is 2.54. The maximum atomic E-state index is 11.0. The maximum Gasteiger partial charge on any atom is 0.326 e. The molecule has 0 aromatic heterocycles. The van der Waals surface area contributed by atoms with Crippen molar-refractivity contribution in [3.63, 3.8) is 0 Å². The minimum atomic E-state index is -0.620. The molecule has 0 radical (unpaired) electrons. The summed E-state index contributed by atoms with van der Waals surface area (Å²) in [5, 5.41) is 0. The van der Waals surface area contributed by atoms with Crippen molar-refractivity contribution in [2.45, 2.75) is 19.9 Å². The molecule has 0 fully saturated rings. The molecule has 0 aliphatic rings. The van der Waals surface area contributed by atoms with Gasteiger partial charge in [-0.3, -0.25) is 4.79 Å². The molecule has 0 saturated heterocycles. The van der Waals surface area contributed by atoms with Crippen molar-refractivity contribution in [2.75, 3.05) is 12.8 Å². The summed E-state index contributed by atoms with van der Waals surface area (Å²) in [6.45, 7) is 4.06. The van der Waals surface area contributed by atoms with Crippen molar-refractivity contribution in [1.29, 1.82) is 0 Å². The number of carbonyl (C=O) groups excluding carboxylic acids is 1. The molecule has 2 N–H and O–H groups in total. The van der Waals surface area contributed by atoms with Crippen LogP contribution in [0.3, 0.4) is 0 Å². The first kappa shape index (κ1) is 11.6. The molecular weight excluding hydrogens is 173 g/mol. The highest BCUT2D eigenvalue weighted by atomic mass is 31.0. The number of rotatable bonds is 4. The van der Waals surface area contributed by atoms with E-state index in [2.05, 4.69) is 9.24 Å². The zero-order valence-electron chi connectivity index (χ0n) is 7.54. The number of ether oxygens (including phenoxy) is 1. The minimum absolute atomic E-state index is 0.365. The fraction of sp³-hybridized carbons (Fsp3) is 0.625. The van der Waals surface area contributed by atoms with E-state index in [9.17, 15) is 4.79 Å². The van der Waals surface area contributed by atoms with Gasteiger partial charge in [-0.25, -0.2) is 0 Å². The van der Waals surface area contributed by atoms with Gasteiger partial charge in [-0.1, -0.05) is 11.6 Å². The van der Waals surface area contributed by atoms with Crippen molar-refractivity contribution < 1.29 is 9.53 Å². The molecule has 0 aromatic rings. The highest BCUT2D eigenvalue weighted by Crippen LogP contribution is 2.00. The van der Waals surface area contributed by atoms with Crippen LogP contribution in [0.4, 0.5) is 0 Å². The quantitative estimate of drug-likeness (QED) is 0.402. The summed E-state index contributed by atoms with van der Waals surface area (Å²) in [5.74, 6) is -0.365. The first-order chi connectivity index (χ1) is 5.61. The van der Waals surface area contributed by atoms with Crippen LogP contribution in [0.5, 0.6) is 0 Å². The van der Waals surface area contributed by atoms with Crippen molar-refractivity contribution in [3.8, 4) is 0 Å². The number of hydrogen-bond donors (Lipinski definition) is 1. The van der Waals surface area contributed by atoms with Gasteiger partial charge in [0, 0.05) is 0 Å². The van der Waals surface area contributed by atoms with E-state index in [1.807, 2.05) is 6.92 Å². The predicted octanol–water partition coefficient (Wildman–Crippen LogP) is 0.698. The second-order valence-corrected chi connectivity index (χ2v) is 2.90. The van der Waals surface area contributed by atoms with Crippen LogP contribution in [0.1, 0.15) is 13.8 Å². The smallest absolute Gasteiger partial charge is 0.326 e. The Bertz CT molecular complexity index is 180. The maximum absolute atomic E-state index is 11.0. The molecule has 0 aliphatic heterocycles. The third-order valence-corrected chi connectivity index (χ3v) is 1.99. The van der Waals surface area contributed by atoms with Crippen LogP contribution in [0.15, 0.2) is 11.6 Å². The van der Waals surface area contributed by atoms with Crippen LogP contribution >= 0.6 is 9.24 Å². The van der Waals surface area contributed by atoms with Crippen molar-refractivity contribution in [3.05, 3.63) is 11.6 Å². The van der Waals surface area contributed by atoms with Gasteiger partial charge in [0.05, 0.1) is 6.61 Å². The monoisotopic (exact) mass is 189 g/mol. The average molecular weight is 189 g/mol. The zero-order chi connectivity index (χ0) is 9.56. The van der Waals surface area contributed by atoms with Crippen molar-refractivity contribution >= 4 is 15.2 Å². The molecule has 0 heterocycles. The molecule has 2 atom stereocenters. The first-order valence-electron chi connectivity index (χ1n) is 3.91. The normalized spacial score (nSPS) is 14.2. The van der Waals surface area contributed by atoms with E-state index >= 15 is 0 Å². The Balaban J connectivity index is 4.02. The molecule has 4 heteroatoms. The average Bonchev–Trinajstić information content (AvgIpc) is 2.04. The Kier molecular flexibility index (Phi) is 5.95. The third-order valence-electron chi connectivity index (χ3n) is 1.34. The number of hydrogen-bond acceptors (Lipinski definition) is 3. The topological polar surface area (TPSA) is 52.3 Å². The Labute approximate surface area is 75.5 Å². The summed E-state index contributed by atoms with van der Waals surface area (Å²) < 4.78 is 4.73. The molecule has 0 aromatic carbocycles. The minimum Gasteiger partial charge on any atom is -0.465 e. The lowest BCUT2D eigenvalue weighted by atomic mass is 10.2. The summed E-state index contributed by atoms with van der Waals surface area (Å²) in [4.78, 5) is 11.0. The molecular formula is C8H16NO2P. The zero-order valence-corrected chi connectivity index (χ0v) is 8.69. The predicted molar refractivity (Wildman–Crippen MR) is 52.9 cm³/mol. The van der Waals surface area contributed by atoms with Gasteiger partial charge < -0.3 is 10.5 Å². The summed E-state index contributed by atoms with van der Waals surface area (Å²) in [6, 6.07) is -0.620. The van der Waals surface area contributed by atoms with Crippen LogP contribution in [-0.2, 0) is 9.53 Å². The molecule has 0 bridgehead atoms. The van der Waals surface area contributed by atoms with Gasteiger partial charge >= 0.3 is 5.97 Å². The molecule has 0 rings (SSSR count). The molecule has 12 heavy (non-hydrogen) atoms. The molecule has 3 nitrogen and oxygen atoms in total. The number of allylic oxidation sites excluding steroid dienone is 1. The van der Waals surface area contributed by atoms with E-state index in [0.29, 0.717) is 6.61 Å². The fourth-order valence-corrected chi connectivity index (χ4v) is 0.817. The van der Waals surface area contributed by atoms with E-state index in [1.54, 1.807) is 13.0 Å². The van der Waals surface area contributed by atoms with E-state index in [0.717, 1.165) is 11.7 Å². The van der Waals surface area contributed by atoms with Crippen molar-refractivity contribution in [2.24, 2.45) is 5.73 Å². The second-order valence-electron chi connectivity index (χ2n) is 2.49. The van der Waals surface area contributed by atoms with E-state index in [4.69, 9.17) is 10.5 Å². The molecule has 0 saturated carbocycles. The van der Waals surface area contributed by atoms with E-state index < -0.39 is 6.04 Å². The summed E-state index contributed by atoms with van der Waals surface area (Å²) >= 11 is 0. The Morgan fingerprint density at radius 3 is 2.75 bits per heavy atom. The second kappa shape index (κ2) is 6.15. The third kappa shape index (κ3) is 4.47. The van der Waals surface area contributed by atoms with E-state index in [-0.39, 0.29) is 5.97 Å². The van der Waals surface area contributed by atoms with Crippen LogP contribution < -0.4 is 5.73 Å². The molecule has 0 spiro atoms. The van der Waals surface area contributed by atoms with Crippen molar-refractivity contribution in [1.82, 2.24) is 0 Å². The Morgan fingerprint density at radius 2 is 2.33 bits per heavy atom. The highest BCUT2D eigenvalue weighted by molar-refractivity contribution is 7.16. The Morgan fingerprint density at radius 1 is 1.75 bits per heavy atom. The van der Waals surface area contributed by atoms with E-state index in [1.165, 1.54) is 0 Å². The van der Waals surface area contributed by atoms with Gasteiger partial charge in [0.1, 0.15) is 6.04 Å². The lowest BCUT2D eigenvalue weighted by molar-refractivity contribution is -0.143. The highest BCUT2D eigenvalue weighted by Gasteiger charge is 2.10. The number of nitrogens with two attached hydrogens (primary N) is 1. The summed E-state index contributed by atoms with van der Waals surface area (Å²) in [7, 11) is 2.57. The SMILES string of the molecule is CCOC(=O)C(N)C=C(C)CP. The first-order valence-corrected chi connectivity index (χ1v) is 4.73. The van der Waals surface area contributed by atoms with Gasteiger partial charge in [0.2, 0.25) is 0 Å². The number of esters is 1. The van der Waals surface area contributed by atoms with Gasteiger partial charge in [0.15, 0.2) is 0 Å². The van der Waals surface area contributed by atoms with Crippen LogP contribution in [0.2, 0.25) is 0 Å². The van der Waals surface area contributed by atoms with Crippen LogP contribution in [0.25, 0.3) is 0 Å². The lowest BCUT2D eigenvalue weighted by Crippen LogP contribution is -2.30.